The fourth-order valence-corrected chi connectivity index (χ4v) is 9.25. The van der Waals surface area contributed by atoms with E-state index in [2.05, 4.69) is 82.0 Å². The van der Waals surface area contributed by atoms with Crippen LogP contribution in [-0.4, -0.2) is 173 Å². The number of imide groups is 2. The summed E-state index contributed by atoms with van der Waals surface area (Å²) in [5, 5.41) is 0. The molecule has 0 radical (unpaired) electrons. The van der Waals surface area contributed by atoms with Crippen molar-refractivity contribution in [2.75, 3.05) is 101 Å². The lowest BCUT2D eigenvalue weighted by molar-refractivity contribution is -0.128. The summed E-state index contributed by atoms with van der Waals surface area (Å²) in [5.74, 6) is 0.0636. The van der Waals surface area contributed by atoms with Crippen molar-refractivity contribution in [3.63, 3.8) is 0 Å². The predicted octanol–water partition coefficient (Wildman–Crippen LogP) is 3.02. The number of fused-ring (bicyclic) bond motifs is 2. The summed E-state index contributed by atoms with van der Waals surface area (Å²) in [7, 11) is 0. The number of benzene rings is 2. The van der Waals surface area contributed by atoms with Gasteiger partial charge in [0.05, 0.1) is 0 Å². The first kappa shape index (κ1) is 51.4. The van der Waals surface area contributed by atoms with Crippen LogP contribution in [0.5, 0.6) is 0 Å². The van der Waals surface area contributed by atoms with Crippen molar-refractivity contribution < 1.29 is 35.6 Å². The van der Waals surface area contributed by atoms with Crippen molar-refractivity contribution in [3.05, 3.63) is 59.7 Å². The molecular weight excluding hydrogens is 799 g/mol. The molecule has 6 fully saturated rings. The summed E-state index contributed by atoms with van der Waals surface area (Å²) in [5.41, 5.74) is 5.38. The minimum Gasteiger partial charge on any atom is -0.412 e. The Hall–Kier alpha value is -3.70. The number of unbranched alkanes of at least 4 members (excludes halogenated alkanes) is 2. The Morgan fingerprint density at radius 2 is 0.814 bits per heavy atom. The Labute approximate surface area is 362 Å². The maximum atomic E-state index is 12.3. The van der Waals surface area contributed by atoms with Crippen LogP contribution in [0.3, 0.4) is 0 Å². The molecular formula is C42H68Cl2N8O7. The Bertz CT molecular complexity index is 1500. The van der Waals surface area contributed by atoms with Gasteiger partial charge in [0.25, 0.3) is 11.8 Å². The maximum Gasteiger partial charge on any atom is 0.327 e. The van der Waals surface area contributed by atoms with Gasteiger partial charge in [0, 0.05) is 89.9 Å². The number of piperazine rings is 2. The molecule has 2 unspecified atom stereocenters. The molecule has 0 aliphatic carbocycles. The number of para-hydroxylation sites is 2. The second kappa shape index (κ2) is 23.9. The van der Waals surface area contributed by atoms with Gasteiger partial charge in [-0.25, -0.2) is 9.59 Å². The predicted molar refractivity (Wildman–Crippen MR) is 237 cm³/mol. The van der Waals surface area contributed by atoms with Gasteiger partial charge in [-0.15, -0.1) is 24.8 Å². The summed E-state index contributed by atoms with van der Waals surface area (Å²) in [6, 6.07) is 16.7. The highest BCUT2D eigenvalue weighted by Crippen LogP contribution is 2.29. The van der Waals surface area contributed by atoms with Crippen LogP contribution in [0.4, 0.5) is 21.0 Å². The third-order valence-electron chi connectivity index (χ3n) is 12.4. The number of carbonyl (C=O) groups is 4. The van der Waals surface area contributed by atoms with E-state index < -0.39 is 0 Å². The molecule has 6 aliphatic heterocycles. The first-order valence-electron chi connectivity index (χ1n) is 20.6. The Kier molecular flexibility index (Phi) is 20.9. The molecule has 2 atom stereocenters. The molecule has 8 rings (SSSR count). The van der Waals surface area contributed by atoms with Crippen LogP contribution in [-0.2, 0) is 9.59 Å². The van der Waals surface area contributed by atoms with Crippen LogP contribution in [0.25, 0.3) is 0 Å². The van der Waals surface area contributed by atoms with E-state index in [-0.39, 0.29) is 77.2 Å². The molecule has 332 valence electrons. The summed E-state index contributed by atoms with van der Waals surface area (Å²) in [6.07, 6.45) is 7.47. The number of hydrogen-bond donors (Lipinski definition) is 0. The average molecular weight is 868 g/mol. The van der Waals surface area contributed by atoms with Gasteiger partial charge in [0.2, 0.25) is 0 Å². The molecule has 6 aliphatic rings. The molecule has 0 aromatic heterocycles. The molecule has 6 heterocycles. The molecule has 6 N–H and O–H groups in total. The molecule has 0 bridgehead atoms. The van der Waals surface area contributed by atoms with E-state index in [1.807, 2.05) is 0 Å². The van der Waals surface area contributed by atoms with Crippen LogP contribution < -0.4 is 9.80 Å². The molecule has 2 aromatic rings. The van der Waals surface area contributed by atoms with Gasteiger partial charge in [-0.05, 0) is 102 Å². The standard InChI is InChI=1S/2C21H30N4O2.2ClH.3H2O/c2*1-17-7-2-3-8-18(17)23-15-13-22(14-16-23)10-4-5-11-25-20(26)19-9-6-12-24(19)21(25)27;;;;;/h2*2-3,7-8,19H,4-6,9-16H2,1H3;2*1H;3*1H2. The van der Waals surface area contributed by atoms with Crippen molar-refractivity contribution >= 4 is 60.1 Å². The zero-order valence-electron chi connectivity index (χ0n) is 34.9. The van der Waals surface area contributed by atoms with E-state index in [1.165, 1.54) is 32.3 Å². The minimum atomic E-state index is -0.160. The zero-order valence-corrected chi connectivity index (χ0v) is 36.5. The van der Waals surface area contributed by atoms with Gasteiger partial charge in [-0.1, -0.05) is 36.4 Å². The summed E-state index contributed by atoms with van der Waals surface area (Å²) in [6.45, 7) is 17.6. The second-order valence-electron chi connectivity index (χ2n) is 15.9. The highest BCUT2D eigenvalue weighted by molar-refractivity contribution is 6.05. The average Bonchev–Trinajstić information content (AvgIpc) is 3.97. The van der Waals surface area contributed by atoms with Crippen molar-refractivity contribution in [1.82, 2.24) is 29.4 Å². The molecule has 6 amide bonds. The van der Waals surface area contributed by atoms with Gasteiger partial charge < -0.3 is 36.0 Å². The van der Waals surface area contributed by atoms with Gasteiger partial charge in [-0.2, -0.15) is 0 Å². The van der Waals surface area contributed by atoms with Crippen molar-refractivity contribution in [2.24, 2.45) is 0 Å². The Balaban J connectivity index is 0.000000375. The minimum absolute atomic E-state index is 0. The van der Waals surface area contributed by atoms with E-state index in [9.17, 15) is 19.2 Å². The molecule has 0 spiro atoms. The molecule has 59 heavy (non-hydrogen) atoms. The number of aryl methyl sites for hydroxylation is 2. The first-order valence-corrected chi connectivity index (χ1v) is 20.6. The number of urea groups is 2. The van der Waals surface area contributed by atoms with Crippen molar-refractivity contribution in [2.45, 2.75) is 77.3 Å². The van der Waals surface area contributed by atoms with Crippen LogP contribution in [0.15, 0.2) is 48.5 Å². The van der Waals surface area contributed by atoms with Crippen molar-refractivity contribution in [3.8, 4) is 0 Å². The van der Waals surface area contributed by atoms with Gasteiger partial charge in [0.15, 0.2) is 0 Å². The van der Waals surface area contributed by atoms with E-state index in [4.69, 9.17) is 0 Å². The van der Waals surface area contributed by atoms with Crippen LogP contribution in [0.2, 0.25) is 0 Å². The molecule has 0 saturated carbocycles. The topological polar surface area (TPSA) is 189 Å². The first-order chi connectivity index (χ1) is 26.3. The second-order valence-corrected chi connectivity index (χ2v) is 15.9. The Morgan fingerprint density at radius 3 is 1.15 bits per heavy atom. The summed E-state index contributed by atoms with van der Waals surface area (Å²) >= 11 is 0. The molecule has 17 heteroatoms. The number of halogens is 2. The normalized spacial score (nSPS) is 21.5. The van der Waals surface area contributed by atoms with E-state index in [0.29, 0.717) is 13.1 Å². The molecule has 2 aromatic carbocycles. The third kappa shape index (κ3) is 11.8. The number of rotatable bonds is 12. The van der Waals surface area contributed by atoms with E-state index in [0.717, 1.165) is 130 Å². The summed E-state index contributed by atoms with van der Waals surface area (Å²) in [4.78, 5) is 65.7. The van der Waals surface area contributed by atoms with Crippen molar-refractivity contribution in [1.29, 1.82) is 0 Å². The van der Waals surface area contributed by atoms with Gasteiger partial charge >= 0.3 is 12.1 Å². The lowest BCUT2D eigenvalue weighted by Crippen LogP contribution is -2.47. The number of hydrogen-bond acceptors (Lipinski definition) is 8. The highest BCUT2D eigenvalue weighted by Gasteiger charge is 2.47. The summed E-state index contributed by atoms with van der Waals surface area (Å²) < 4.78 is 0. The lowest BCUT2D eigenvalue weighted by Gasteiger charge is -2.36. The smallest absolute Gasteiger partial charge is 0.327 e. The monoisotopic (exact) mass is 866 g/mol. The number of amides is 6. The SMILES string of the molecule is Cc1ccccc1N1CCN(CCCCN2C(=O)C3CCCN3C2=O)CC1.Cc1ccccc1N1CCN(CCCCN2C(=O)C3CCCN3C2=O)CC1.Cl.Cl.O.O.O. The fraction of sp³-hybridized carbons (Fsp3) is 0.619. The lowest BCUT2D eigenvalue weighted by atomic mass is 10.1. The zero-order chi connectivity index (χ0) is 37.6. The molecule has 15 nitrogen and oxygen atoms in total. The Morgan fingerprint density at radius 1 is 0.475 bits per heavy atom. The van der Waals surface area contributed by atoms with Crippen LogP contribution in [0, 0.1) is 13.8 Å². The van der Waals surface area contributed by atoms with E-state index in [1.54, 1.807) is 9.80 Å². The fourth-order valence-electron chi connectivity index (χ4n) is 9.25. The highest BCUT2D eigenvalue weighted by atomic mass is 35.5. The number of anilines is 2. The van der Waals surface area contributed by atoms with Gasteiger partial charge in [0.1, 0.15) is 12.1 Å². The van der Waals surface area contributed by atoms with Crippen LogP contribution in [0.1, 0.15) is 62.5 Å². The third-order valence-corrected chi connectivity index (χ3v) is 12.4. The van der Waals surface area contributed by atoms with E-state index >= 15 is 0 Å². The maximum absolute atomic E-state index is 12.3. The van der Waals surface area contributed by atoms with Crippen LogP contribution >= 0.6 is 24.8 Å². The quantitative estimate of drug-likeness (QED) is 0.230. The number of nitrogens with zero attached hydrogens (tertiary/aromatic N) is 8. The van der Waals surface area contributed by atoms with Gasteiger partial charge in [-0.3, -0.25) is 29.2 Å². The molecule has 6 saturated heterocycles. The number of carbonyl (C=O) groups excluding carboxylic acids is 4. The largest absolute Gasteiger partial charge is 0.412 e.